The number of amidine groups is 1. The fourth-order valence-electron chi connectivity index (χ4n) is 2.11. The fourth-order valence-corrected chi connectivity index (χ4v) is 2.27. The Labute approximate surface area is 149 Å². The van der Waals surface area contributed by atoms with Gasteiger partial charge in [-0.3, -0.25) is 5.01 Å². The second-order valence-corrected chi connectivity index (χ2v) is 5.27. The number of hydrazine groups is 1. The van der Waals surface area contributed by atoms with E-state index in [2.05, 4.69) is 15.0 Å². The lowest BCUT2D eigenvalue weighted by molar-refractivity contribution is -0.138. The van der Waals surface area contributed by atoms with Crippen LogP contribution in [0, 0.1) is 0 Å². The zero-order valence-corrected chi connectivity index (χ0v) is 14.3. The molecule has 0 radical (unpaired) electrons. The maximum Gasteiger partial charge on any atom is 0.356 e. The molecule has 10 heteroatoms. The molecule has 1 aromatic rings. The van der Waals surface area contributed by atoms with Crippen molar-refractivity contribution in [1.29, 1.82) is 0 Å². The number of benzene rings is 1. The Morgan fingerprint density at radius 3 is 2.96 bits per heavy atom. The monoisotopic (exact) mass is 363 g/mol. The number of nitrogens with two attached hydrogens (primary N) is 3. The van der Waals surface area contributed by atoms with Crippen molar-refractivity contribution in [3.05, 3.63) is 34.6 Å². The molecule has 0 aromatic heterocycles. The Balaban J connectivity index is 2.58. The Hall–Kier alpha value is -2.91. The maximum atomic E-state index is 12.0. The Morgan fingerprint density at radius 2 is 2.28 bits per heavy atom. The third kappa shape index (κ3) is 4.34. The summed E-state index contributed by atoms with van der Waals surface area (Å²) in [4.78, 5) is 24.2. The van der Waals surface area contributed by atoms with Gasteiger partial charge in [-0.15, -0.1) is 0 Å². The molecule has 2 rings (SSSR count). The van der Waals surface area contributed by atoms with Crippen LogP contribution in [0.2, 0.25) is 5.02 Å². The van der Waals surface area contributed by atoms with E-state index < -0.39 is 5.97 Å². The van der Waals surface area contributed by atoms with E-state index in [1.54, 1.807) is 25.1 Å². The third-order valence-corrected chi connectivity index (χ3v) is 3.46. The molecule has 9 nitrogen and oxygen atoms in total. The van der Waals surface area contributed by atoms with E-state index in [9.17, 15) is 4.79 Å². The van der Waals surface area contributed by atoms with Gasteiger partial charge in [0, 0.05) is 5.02 Å². The van der Waals surface area contributed by atoms with Gasteiger partial charge in [-0.1, -0.05) is 11.6 Å². The van der Waals surface area contributed by atoms with Gasteiger partial charge in [0.2, 0.25) is 0 Å². The summed E-state index contributed by atoms with van der Waals surface area (Å²) in [6.07, 6.45) is 2.41. The standard InChI is InChI=1S/C15H18ClN7O2/c1-2-25-15(24)14(18)12-6-13(21-8-20-7-17)22-10-4-3-9(16)5-11(10)23(12)19/h3-5,7-8H,2,6,18-19H2,1H3,(H2,17,20,21,22)/b14-12-. The average Bonchev–Trinajstić information content (AvgIpc) is 2.72. The number of hydrogen-bond acceptors (Lipinski definition) is 7. The number of nitrogens with zero attached hydrogens (tertiary/aromatic N) is 4. The van der Waals surface area contributed by atoms with Crippen LogP contribution in [0.3, 0.4) is 0 Å². The van der Waals surface area contributed by atoms with E-state index in [-0.39, 0.29) is 24.4 Å². The van der Waals surface area contributed by atoms with Gasteiger partial charge in [0.05, 0.1) is 36.4 Å². The maximum absolute atomic E-state index is 12.0. The normalized spacial score (nSPS) is 16.6. The Bertz CT molecular complexity index is 786. The molecule has 0 amide bonds. The van der Waals surface area contributed by atoms with Crippen LogP contribution in [-0.2, 0) is 9.53 Å². The van der Waals surface area contributed by atoms with Crippen LogP contribution < -0.4 is 22.3 Å². The molecule has 0 spiro atoms. The highest BCUT2D eigenvalue weighted by Crippen LogP contribution is 2.36. The van der Waals surface area contributed by atoms with E-state index in [0.717, 1.165) is 6.34 Å². The topological polar surface area (TPSA) is 145 Å². The lowest BCUT2D eigenvalue weighted by Crippen LogP contribution is -2.34. The minimum absolute atomic E-state index is 0.0873. The molecular weight excluding hydrogens is 346 g/mol. The van der Waals surface area contributed by atoms with Gasteiger partial charge < -0.3 is 16.2 Å². The van der Waals surface area contributed by atoms with E-state index in [1.807, 2.05) is 0 Å². The minimum Gasteiger partial charge on any atom is -0.461 e. The van der Waals surface area contributed by atoms with Gasteiger partial charge in [-0.2, -0.15) is 0 Å². The van der Waals surface area contributed by atoms with Crippen LogP contribution in [0.1, 0.15) is 13.3 Å². The number of fused-ring (bicyclic) bond motifs is 1. The van der Waals surface area contributed by atoms with Gasteiger partial charge in [0.1, 0.15) is 17.9 Å². The lowest BCUT2D eigenvalue weighted by atomic mass is 10.2. The first-order valence-electron chi connectivity index (χ1n) is 7.31. The number of anilines is 1. The second-order valence-electron chi connectivity index (χ2n) is 4.83. The number of esters is 1. The molecule has 0 unspecified atom stereocenters. The zero-order chi connectivity index (χ0) is 18.4. The van der Waals surface area contributed by atoms with Crippen LogP contribution >= 0.6 is 11.6 Å². The molecule has 0 saturated carbocycles. The summed E-state index contributed by atoms with van der Waals surface area (Å²) in [5.41, 5.74) is 12.3. The third-order valence-electron chi connectivity index (χ3n) is 3.23. The molecule has 0 bridgehead atoms. The first-order valence-corrected chi connectivity index (χ1v) is 7.69. The van der Waals surface area contributed by atoms with Crippen molar-refractivity contribution in [3.63, 3.8) is 0 Å². The van der Waals surface area contributed by atoms with Crippen LogP contribution in [0.15, 0.2) is 44.6 Å². The molecule has 0 aliphatic carbocycles. The summed E-state index contributed by atoms with van der Waals surface area (Å²) in [7, 11) is 0. The number of rotatable bonds is 3. The predicted molar refractivity (Wildman–Crippen MR) is 98.8 cm³/mol. The number of carbonyl (C=O) groups excluding carboxylic acids is 1. The highest BCUT2D eigenvalue weighted by Gasteiger charge is 2.25. The van der Waals surface area contributed by atoms with Crippen molar-refractivity contribution < 1.29 is 9.53 Å². The lowest BCUT2D eigenvalue weighted by Gasteiger charge is -2.22. The first-order chi connectivity index (χ1) is 12.0. The summed E-state index contributed by atoms with van der Waals surface area (Å²) in [5.74, 6) is 5.82. The van der Waals surface area contributed by atoms with Gasteiger partial charge in [-0.25, -0.2) is 25.6 Å². The molecule has 6 N–H and O–H groups in total. The van der Waals surface area contributed by atoms with Crippen molar-refractivity contribution in [2.45, 2.75) is 13.3 Å². The summed E-state index contributed by atoms with van der Waals surface area (Å²) in [5, 5.41) is 1.71. The molecule has 1 heterocycles. The van der Waals surface area contributed by atoms with Crippen molar-refractivity contribution >= 4 is 47.5 Å². The summed E-state index contributed by atoms with van der Waals surface area (Å²) >= 11 is 6.04. The quantitative estimate of drug-likeness (QED) is 0.242. The molecule has 1 aromatic carbocycles. The molecular formula is C15H18ClN7O2. The molecule has 1 aliphatic heterocycles. The minimum atomic E-state index is -0.679. The van der Waals surface area contributed by atoms with Gasteiger partial charge >= 0.3 is 5.97 Å². The predicted octanol–water partition coefficient (Wildman–Crippen LogP) is 1.20. The van der Waals surface area contributed by atoms with Gasteiger partial charge in [-0.05, 0) is 25.1 Å². The summed E-state index contributed by atoms with van der Waals surface area (Å²) in [6, 6.07) is 4.97. The second kappa shape index (κ2) is 8.27. The Kier molecular flexibility index (Phi) is 6.09. The zero-order valence-electron chi connectivity index (χ0n) is 13.5. The van der Waals surface area contributed by atoms with Crippen molar-refractivity contribution in [1.82, 2.24) is 0 Å². The van der Waals surface area contributed by atoms with E-state index >= 15 is 0 Å². The van der Waals surface area contributed by atoms with Crippen molar-refractivity contribution in [2.24, 2.45) is 32.3 Å². The van der Waals surface area contributed by atoms with E-state index in [0.29, 0.717) is 22.2 Å². The number of halogens is 1. The molecule has 1 aliphatic rings. The van der Waals surface area contributed by atoms with Crippen molar-refractivity contribution in [2.75, 3.05) is 11.6 Å². The van der Waals surface area contributed by atoms with Crippen LogP contribution in [-0.4, -0.2) is 31.1 Å². The SMILES string of the molecule is CCOC(=O)/C(N)=C1\CC(N=CN=CN)=Nc2ccc(Cl)cc2N1N. The number of ether oxygens (including phenoxy) is 1. The molecule has 0 atom stereocenters. The van der Waals surface area contributed by atoms with Crippen LogP contribution in [0.4, 0.5) is 11.4 Å². The van der Waals surface area contributed by atoms with Gasteiger partial charge in [0.15, 0.2) is 0 Å². The van der Waals surface area contributed by atoms with Gasteiger partial charge in [0.25, 0.3) is 0 Å². The molecule has 132 valence electrons. The Morgan fingerprint density at radius 1 is 1.52 bits per heavy atom. The molecule has 25 heavy (non-hydrogen) atoms. The van der Waals surface area contributed by atoms with E-state index in [1.165, 1.54) is 11.3 Å². The number of aliphatic imine (C=N–C) groups is 3. The van der Waals surface area contributed by atoms with Crippen LogP contribution in [0.25, 0.3) is 0 Å². The van der Waals surface area contributed by atoms with Crippen molar-refractivity contribution in [3.8, 4) is 0 Å². The highest BCUT2D eigenvalue weighted by molar-refractivity contribution is 6.31. The fraction of sp³-hybridized carbons (Fsp3) is 0.200. The number of hydrogen-bond donors (Lipinski definition) is 3. The number of carbonyl (C=O) groups is 1. The first kappa shape index (κ1) is 18.4. The highest BCUT2D eigenvalue weighted by atomic mass is 35.5. The smallest absolute Gasteiger partial charge is 0.356 e. The van der Waals surface area contributed by atoms with E-state index in [4.69, 9.17) is 33.6 Å². The largest absolute Gasteiger partial charge is 0.461 e. The van der Waals surface area contributed by atoms with Crippen LogP contribution in [0.5, 0.6) is 0 Å². The molecule has 0 fully saturated rings. The summed E-state index contributed by atoms with van der Waals surface area (Å²) in [6.45, 7) is 1.87. The molecule has 0 saturated heterocycles. The average molecular weight is 364 g/mol. The summed E-state index contributed by atoms with van der Waals surface area (Å²) < 4.78 is 4.94.